The van der Waals surface area contributed by atoms with E-state index in [4.69, 9.17) is 21.1 Å². The minimum atomic E-state index is -0.719. The Kier molecular flexibility index (Phi) is 8.83. The molecular weight excluding hydrogens is 570 g/mol. The third kappa shape index (κ3) is 6.74. The molecular formula is C33H26ClN3O6. The van der Waals surface area contributed by atoms with Gasteiger partial charge in [0.2, 0.25) is 0 Å². The first-order chi connectivity index (χ1) is 20.8. The van der Waals surface area contributed by atoms with Crippen molar-refractivity contribution in [2.24, 2.45) is 0 Å². The summed E-state index contributed by atoms with van der Waals surface area (Å²) in [6.45, 7) is 2.35. The molecule has 0 aliphatic carbocycles. The van der Waals surface area contributed by atoms with E-state index in [1.807, 2.05) is 30.3 Å². The first kappa shape index (κ1) is 29.1. The van der Waals surface area contributed by atoms with Crippen LogP contribution in [0.3, 0.4) is 0 Å². The summed E-state index contributed by atoms with van der Waals surface area (Å²) in [6.07, 6.45) is 0. The molecule has 0 saturated carbocycles. The van der Waals surface area contributed by atoms with E-state index in [1.54, 1.807) is 55.5 Å². The molecule has 5 rings (SSSR count). The van der Waals surface area contributed by atoms with Gasteiger partial charge in [-0.1, -0.05) is 48.0 Å². The maximum atomic E-state index is 13.2. The van der Waals surface area contributed by atoms with Crippen LogP contribution in [0.15, 0.2) is 114 Å². The van der Waals surface area contributed by atoms with Gasteiger partial charge in [-0.15, -0.1) is 0 Å². The number of hydrogen-bond acceptors (Lipinski definition) is 7. The van der Waals surface area contributed by atoms with E-state index in [-0.39, 0.29) is 34.5 Å². The number of amides is 3. The van der Waals surface area contributed by atoms with Crippen LogP contribution in [0.1, 0.15) is 33.2 Å². The maximum absolute atomic E-state index is 13.2. The van der Waals surface area contributed by atoms with E-state index in [0.717, 1.165) is 10.5 Å². The molecule has 2 N–H and O–H groups in total. The van der Waals surface area contributed by atoms with Crippen molar-refractivity contribution in [3.05, 3.63) is 131 Å². The molecule has 1 heterocycles. The molecule has 0 atom stereocenters. The van der Waals surface area contributed by atoms with E-state index in [2.05, 4.69) is 10.6 Å². The molecule has 10 heteroatoms. The zero-order chi connectivity index (χ0) is 30.3. The van der Waals surface area contributed by atoms with Gasteiger partial charge in [-0.05, 0) is 79.2 Å². The lowest BCUT2D eigenvalue weighted by molar-refractivity contribution is -0.120. The second kappa shape index (κ2) is 13.1. The summed E-state index contributed by atoms with van der Waals surface area (Å²) in [5, 5.41) is 5.41. The molecule has 0 saturated heterocycles. The SMILES string of the molecule is CCOC(=O)c1ccc(N2C(=O)C(Cl)=C(Nc3cccc(C(=O)Nc4ccc(OCc5ccccc5)cc4)c3)C2=O)cc1. The number of ether oxygens (including phenoxy) is 2. The Bertz CT molecular complexity index is 1700. The van der Waals surface area contributed by atoms with Gasteiger partial charge in [0, 0.05) is 16.9 Å². The molecule has 1 aliphatic heterocycles. The lowest BCUT2D eigenvalue weighted by atomic mass is 10.1. The van der Waals surface area contributed by atoms with Gasteiger partial charge in [-0.25, -0.2) is 9.69 Å². The third-order valence-corrected chi connectivity index (χ3v) is 6.77. The number of nitrogens with zero attached hydrogens (tertiary/aromatic N) is 1. The number of imide groups is 1. The van der Waals surface area contributed by atoms with Crippen molar-refractivity contribution >= 4 is 52.4 Å². The van der Waals surface area contributed by atoms with Gasteiger partial charge >= 0.3 is 5.97 Å². The Balaban J connectivity index is 1.22. The molecule has 0 radical (unpaired) electrons. The van der Waals surface area contributed by atoms with Crippen LogP contribution < -0.4 is 20.3 Å². The van der Waals surface area contributed by atoms with Crippen molar-refractivity contribution in [3.63, 3.8) is 0 Å². The predicted molar refractivity (Wildman–Crippen MR) is 163 cm³/mol. The van der Waals surface area contributed by atoms with Gasteiger partial charge in [0.25, 0.3) is 17.7 Å². The molecule has 0 spiro atoms. The first-order valence-electron chi connectivity index (χ1n) is 13.3. The highest BCUT2D eigenvalue weighted by molar-refractivity contribution is 6.53. The molecule has 3 amide bonds. The molecule has 0 unspecified atom stereocenters. The molecule has 9 nitrogen and oxygen atoms in total. The quantitative estimate of drug-likeness (QED) is 0.167. The topological polar surface area (TPSA) is 114 Å². The van der Waals surface area contributed by atoms with Crippen LogP contribution in [-0.2, 0) is 20.9 Å². The Morgan fingerprint density at radius 1 is 0.791 bits per heavy atom. The normalized spacial score (nSPS) is 12.7. The number of carbonyl (C=O) groups is 4. The van der Waals surface area contributed by atoms with Gasteiger partial charge < -0.3 is 20.1 Å². The molecule has 0 fully saturated rings. The van der Waals surface area contributed by atoms with Gasteiger partial charge in [-0.2, -0.15) is 0 Å². The van der Waals surface area contributed by atoms with Gasteiger partial charge in [-0.3, -0.25) is 14.4 Å². The number of halogens is 1. The monoisotopic (exact) mass is 595 g/mol. The Hall–Kier alpha value is -5.41. The molecule has 216 valence electrons. The number of rotatable bonds is 10. The second-order valence-electron chi connectivity index (χ2n) is 9.36. The van der Waals surface area contributed by atoms with Crippen molar-refractivity contribution in [1.29, 1.82) is 0 Å². The largest absolute Gasteiger partial charge is 0.489 e. The first-order valence-corrected chi connectivity index (χ1v) is 13.7. The molecule has 0 bridgehead atoms. The van der Waals surface area contributed by atoms with E-state index < -0.39 is 17.8 Å². The van der Waals surface area contributed by atoms with E-state index in [1.165, 1.54) is 24.3 Å². The molecule has 1 aliphatic rings. The minimum Gasteiger partial charge on any atom is -0.489 e. The van der Waals surface area contributed by atoms with Crippen LogP contribution in [0.25, 0.3) is 0 Å². The summed E-state index contributed by atoms with van der Waals surface area (Å²) in [7, 11) is 0. The van der Waals surface area contributed by atoms with Crippen molar-refractivity contribution < 1.29 is 28.7 Å². The van der Waals surface area contributed by atoms with Crippen molar-refractivity contribution in [2.45, 2.75) is 13.5 Å². The number of benzene rings is 4. The number of carbonyl (C=O) groups excluding carboxylic acids is 4. The van der Waals surface area contributed by atoms with E-state index in [0.29, 0.717) is 29.3 Å². The van der Waals surface area contributed by atoms with Crippen LogP contribution in [0.5, 0.6) is 5.75 Å². The van der Waals surface area contributed by atoms with E-state index >= 15 is 0 Å². The highest BCUT2D eigenvalue weighted by Crippen LogP contribution is 2.30. The molecule has 4 aromatic rings. The number of esters is 1. The highest BCUT2D eigenvalue weighted by atomic mass is 35.5. The summed E-state index contributed by atoms with van der Waals surface area (Å²) in [6, 6.07) is 29.1. The highest BCUT2D eigenvalue weighted by Gasteiger charge is 2.39. The third-order valence-electron chi connectivity index (χ3n) is 6.42. The van der Waals surface area contributed by atoms with Gasteiger partial charge in [0.1, 0.15) is 23.1 Å². The minimum absolute atomic E-state index is 0.134. The lowest BCUT2D eigenvalue weighted by Gasteiger charge is -2.15. The number of nitrogens with one attached hydrogen (secondary N) is 2. The summed E-state index contributed by atoms with van der Waals surface area (Å²) >= 11 is 6.26. The molecule has 4 aromatic carbocycles. The fourth-order valence-electron chi connectivity index (χ4n) is 4.27. The Morgan fingerprint density at radius 3 is 2.21 bits per heavy atom. The van der Waals surface area contributed by atoms with Crippen molar-refractivity contribution in [1.82, 2.24) is 0 Å². The van der Waals surface area contributed by atoms with Crippen LogP contribution in [0, 0.1) is 0 Å². The molecule has 43 heavy (non-hydrogen) atoms. The van der Waals surface area contributed by atoms with Gasteiger partial charge in [0.15, 0.2) is 0 Å². The lowest BCUT2D eigenvalue weighted by Crippen LogP contribution is -2.32. The fraction of sp³-hybridized carbons (Fsp3) is 0.0909. The zero-order valence-corrected chi connectivity index (χ0v) is 23.8. The Morgan fingerprint density at radius 2 is 1.51 bits per heavy atom. The average molecular weight is 596 g/mol. The summed E-state index contributed by atoms with van der Waals surface area (Å²) in [4.78, 5) is 51.9. The van der Waals surface area contributed by atoms with E-state index in [9.17, 15) is 19.2 Å². The van der Waals surface area contributed by atoms with Crippen LogP contribution in [0.4, 0.5) is 17.1 Å². The average Bonchev–Trinajstić information content (AvgIpc) is 3.24. The second-order valence-corrected chi connectivity index (χ2v) is 9.74. The molecule has 0 aromatic heterocycles. The number of anilines is 3. The van der Waals surface area contributed by atoms with Crippen LogP contribution in [-0.4, -0.2) is 30.3 Å². The number of hydrogen-bond donors (Lipinski definition) is 2. The summed E-state index contributed by atoms with van der Waals surface area (Å²) in [5.41, 5.74) is 2.70. The fourth-order valence-corrected chi connectivity index (χ4v) is 4.48. The van der Waals surface area contributed by atoms with Crippen molar-refractivity contribution in [3.8, 4) is 5.75 Å². The van der Waals surface area contributed by atoms with Crippen LogP contribution >= 0.6 is 11.6 Å². The van der Waals surface area contributed by atoms with Crippen LogP contribution in [0.2, 0.25) is 0 Å². The smallest absolute Gasteiger partial charge is 0.338 e. The Labute approximate surface area is 252 Å². The maximum Gasteiger partial charge on any atom is 0.338 e. The zero-order valence-electron chi connectivity index (χ0n) is 23.0. The summed E-state index contributed by atoms with van der Waals surface area (Å²) in [5.74, 6) is -1.62. The van der Waals surface area contributed by atoms with Gasteiger partial charge in [0.05, 0.1) is 17.9 Å². The standard InChI is InChI=1S/C33H26ClN3O6/c1-2-42-33(41)22-11-15-26(16-12-22)37-31(39)28(34)29(32(37)40)35-25-10-6-9-23(19-25)30(38)36-24-13-17-27(18-14-24)43-20-21-7-4-3-5-8-21/h3-19,35H,2,20H2,1H3,(H,36,38). The van der Waals surface area contributed by atoms with Crippen molar-refractivity contribution in [2.75, 3.05) is 22.1 Å². The summed E-state index contributed by atoms with van der Waals surface area (Å²) < 4.78 is 10.8. The predicted octanol–water partition coefficient (Wildman–Crippen LogP) is 6.13.